The van der Waals surface area contributed by atoms with Crippen molar-refractivity contribution in [2.24, 2.45) is 17.3 Å². The molecule has 3 aliphatic carbocycles. The third-order valence-corrected chi connectivity index (χ3v) is 6.59. The number of carbonyl (C=O) groups excluding carboxylic acids is 2. The lowest BCUT2D eigenvalue weighted by atomic mass is 9.59. The number of amides is 1. The van der Waals surface area contributed by atoms with Gasteiger partial charge in [-0.15, -0.1) is 0 Å². The molecule has 1 aliphatic heterocycles. The monoisotopic (exact) mass is 343 g/mol. The maximum atomic E-state index is 12.3. The van der Waals surface area contributed by atoms with Crippen molar-refractivity contribution in [2.45, 2.75) is 52.2 Å². The fourth-order valence-corrected chi connectivity index (χ4v) is 4.39. The SMILES string of the molecule is CC1=C2C[C@@]3(C)C(=C[C@@H](O)[C@H](OC(=O)C4CC4)[C@@H]3C)C=C2N(C)C1=O. The second-order valence-electron chi connectivity index (χ2n) is 8.17. The molecule has 0 bridgehead atoms. The molecule has 1 heterocycles. The zero-order chi connectivity index (χ0) is 18.1. The van der Waals surface area contributed by atoms with E-state index in [1.165, 1.54) is 0 Å². The Hall–Kier alpha value is -1.88. The van der Waals surface area contributed by atoms with E-state index in [-0.39, 0.29) is 29.1 Å². The number of hydrogen-bond acceptors (Lipinski definition) is 4. The first-order valence-electron chi connectivity index (χ1n) is 9.05. The van der Waals surface area contributed by atoms with Gasteiger partial charge in [0.15, 0.2) is 0 Å². The van der Waals surface area contributed by atoms with Gasteiger partial charge in [0.05, 0.1) is 5.92 Å². The minimum atomic E-state index is -0.813. The largest absolute Gasteiger partial charge is 0.459 e. The Balaban J connectivity index is 1.71. The van der Waals surface area contributed by atoms with Gasteiger partial charge in [0.1, 0.15) is 12.2 Å². The highest BCUT2D eigenvalue weighted by molar-refractivity contribution is 6.00. The molecule has 5 nitrogen and oxygen atoms in total. The van der Waals surface area contributed by atoms with E-state index in [1.54, 1.807) is 18.0 Å². The van der Waals surface area contributed by atoms with E-state index in [0.717, 1.165) is 41.7 Å². The molecular formula is C20H25NO4. The fraction of sp³-hybridized carbons (Fsp3) is 0.600. The molecule has 1 saturated carbocycles. The summed E-state index contributed by atoms with van der Waals surface area (Å²) in [5, 5.41) is 10.6. The summed E-state index contributed by atoms with van der Waals surface area (Å²) in [6.07, 6.45) is 4.98. The van der Waals surface area contributed by atoms with Crippen LogP contribution in [0.15, 0.2) is 34.6 Å². The van der Waals surface area contributed by atoms with Gasteiger partial charge in [-0.25, -0.2) is 0 Å². The number of allylic oxidation sites excluding steroid dienone is 3. The van der Waals surface area contributed by atoms with Gasteiger partial charge < -0.3 is 14.7 Å². The van der Waals surface area contributed by atoms with Crippen LogP contribution >= 0.6 is 0 Å². The molecule has 0 radical (unpaired) electrons. The van der Waals surface area contributed by atoms with Crippen molar-refractivity contribution >= 4 is 11.9 Å². The lowest BCUT2D eigenvalue weighted by Crippen LogP contribution is -2.49. The molecule has 1 amide bonds. The van der Waals surface area contributed by atoms with Gasteiger partial charge in [0.25, 0.3) is 5.91 Å². The smallest absolute Gasteiger partial charge is 0.309 e. The third kappa shape index (κ3) is 2.32. The standard InChI is InChI=1S/C20H25NO4/c1-10-14-9-20(3)11(2)17(25-19(24)12-5-6-12)16(22)8-13(20)7-15(14)21(4)18(10)23/h7-8,11-12,16-17,22H,5-6,9H2,1-4H3/t11-,16+,17+,20+/m0/s1. The van der Waals surface area contributed by atoms with Crippen LogP contribution in [0.2, 0.25) is 0 Å². The van der Waals surface area contributed by atoms with E-state index in [2.05, 4.69) is 6.92 Å². The molecule has 0 aromatic heterocycles. The summed E-state index contributed by atoms with van der Waals surface area (Å²) in [7, 11) is 1.79. The van der Waals surface area contributed by atoms with Crippen LogP contribution in [0.4, 0.5) is 0 Å². The Morgan fingerprint density at radius 1 is 1.40 bits per heavy atom. The average Bonchev–Trinajstić information content (AvgIpc) is 3.39. The van der Waals surface area contributed by atoms with Gasteiger partial charge in [0, 0.05) is 29.7 Å². The Morgan fingerprint density at radius 3 is 2.72 bits per heavy atom. The summed E-state index contributed by atoms with van der Waals surface area (Å²) in [6, 6.07) is 0. The van der Waals surface area contributed by atoms with Gasteiger partial charge in [-0.2, -0.15) is 0 Å². The van der Waals surface area contributed by atoms with Crippen molar-refractivity contribution in [3.63, 3.8) is 0 Å². The van der Waals surface area contributed by atoms with Gasteiger partial charge in [-0.05, 0) is 49.5 Å². The highest BCUT2D eigenvalue weighted by Gasteiger charge is 2.51. The van der Waals surface area contributed by atoms with Crippen LogP contribution in [0.1, 0.15) is 40.0 Å². The summed E-state index contributed by atoms with van der Waals surface area (Å²) >= 11 is 0. The Kier molecular flexibility index (Phi) is 3.52. The van der Waals surface area contributed by atoms with Crippen molar-refractivity contribution in [1.82, 2.24) is 4.90 Å². The molecule has 134 valence electrons. The highest BCUT2D eigenvalue weighted by Crippen LogP contribution is 2.54. The Bertz CT molecular complexity index is 758. The van der Waals surface area contributed by atoms with Gasteiger partial charge in [-0.3, -0.25) is 9.59 Å². The number of aliphatic hydroxyl groups is 1. The first-order valence-corrected chi connectivity index (χ1v) is 9.05. The molecule has 1 fully saturated rings. The number of rotatable bonds is 2. The second kappa shape index (κ2) is 5.31. The Labute approximate surface area is 148 Å². The molecule has 4 rings (SSSR count). The molecule has 0 saturated heterocycles. The summed E-state index contributed by atoms with van der Waals surface area (Å²) in [5.41, 5.74) is 3.55. The highest BCUT2D eigenvalue weighted by atomic mass is 16.6. The number of esters is 1. The molecule has 4 atom stereocenters. The zero-order valence-electron chi connectivity index (χ0n) is 15.2. The van der Waals surface area contributed by atoms with Gasteiger partial charge in [-0.1, -0.05) is 13.8 Å². The average molecular weight is 343 g/mol. The van der Waals surface area contributed by atoms with Crippen molar-refractivity contribution in [3.8, 4) is 0 Å². The summed E-state index contributed by atoms with van der Waals surface area (Å²) in [6.45, 7) is 6.06. The van der Waals surface area contributed by atoms with E-state index in [9.17, 15) is 14.7 Å². The van der Waals surface area contributed by atoms with Crippen molar-refractivity contribution in [1.29, 1.82) is 0 Å². The van der Waals surface area contributed by atoms with Crippen molar-refractivity contribution in [3.05, 3.63) is 34.6 Å². The van der Waals surface area contributed by atoms with E-state index in [1.807, 2.05) is 19.9 Å². The normalized spacial score (nSPS) is 37.4. The van der Waals surface area contributed by atoms with Crippen LogP contribution in [0.25, 0.3) is 0 Å². The maximum Gasteiger partial charge on any atom is 0.309 e. The lowest BCUT2D eigenvalue weighted by Gasteiger charge is -2.48. The van der Waals surface area contributed by atoms with Crippen LogP contribution in [0, 0.1) is 17.3 Å². The molecular weight excluding hydrogens is 318 g/mol. The minimum Gasteiger partial charge on any atom is -0.459 e. The fourth-order valence-electron chi connectivity index (χ4n) is 4.39. The molecule has 0 aromatic carbocycles. The first kappa shape index (κ1) is 16.6. The zero-order valence-corrected chi connectivity index (χ0v) is 15.2. The van der Waals surface area contributed by atoms with Crippen molar-refractivity contribution in [2.75, 3.05) is 7.05 Å². The van der Waals surface area contributed by atoms with E-state index in [4.69, 9.17) is 4.74 Å². The number of nitrogens with zero attached hydrogens (tertiary/aromatic N) is 1. The summed E-state index contributed by atoms with van der Waals surface area (Å²) in [5.74, 6) is -0.172. The molecule has 1 N–H and O–H groups in total. The predicted octanol–water partition coefficient (Wildman–Crippen LogP) is 2.33. The van der Waals surface area contributed by atoms with Crippen molar-refractivity contribution < 1.29 is 19.4 Å². The van der Waals surface area contributed by atoms with Gasteiger partial charge in [0.2, 0.25) is 0 Å². The molecule has 25 heavy (non-hydrogen) atoms. The van der Waals surface area contributed by atoms with E-state index >= 15 is 0 Å². The summed E-state index contributed by atoms with van der Waals surface area (Å²) in [4.78, 5) is 26.1. The molecule has 5 heteroatoms. The second-order valence-corrected chi connectivity index (χ2v) is 8.17. The molecule has 0 spiro atoms. The quantitative estimate of drug-likeness (QED) is 0.782. The molecule has 0 aromatic rings. The van der Waals surface area contributed by atoms with E-state index in [0.29, 0.717) is 0 Å². The molecule has 0 unspecified atom stereocenters. The predicted molar refractivity (Wildman–Crippen MR) is 92.1 cm³/mol. The lowest BCUT2D eigenvalue weighted by molar-refractivity contribution is -0.163. The number of fused-ring (bicyclic) bond motifs is 2. The third-order valence-electron chi connectivity index (χ3n) is 6.59. The number of ether oxygens (including phenoxy) is 1. The number of hydrogen-bond donors (Lipinski definition) is 1. The Morgan fingerprint density at radius 2 is 2.08 bits per heavy atom. The van der Waals surface area contributed by atoms with Crippen LogP contribution in [0.5, 0.6) is 0 Å². The van der Waals surface area contributed by atoms with Crippen LogP contribution < -0.4 is 0 Å². The van der Waals surface area contributed by atoms with E-state index < -0.39 is 12.2 Å². The van der Waals surface area contributed by atoms with Crippen LogP contribution in [-0.4, -0.2) is 41.1 Å². The topological polar surface area (TPSA) is 66.8 Å². The maximum absolute atomic E-state index is 12.3. The number of carbonyl (C=O) groups is 2. The van der Waals surface area contributed by atoms with Crippen LogP contribution in [-0.2, 0) is 14.3 Å². The van der Waals surface area contributed by atoms with Crippen LogP contribution in [0.3, 0.4) is 0 Å². The minimum absolute atomic E-state index is 0.0153. The van der Waals surface area contributed by atoms with Gasteiger partial charge >= 0.3 is 5.97 Å². The number of likely N-dealkylation sites (N-methyl/N-ethyl adjacent to an activating group) is 1. The molecule has 4 aliphatic rings. The summed E-state index contributed by atoms with van der Waals surface area (Å²) < 4.78 is 5.69. The first-order chi connectivity index (χ1) is 11.7. The number of aliphatic hydroxyl groups excluding tert-OH is 1.